The van der Waals surface area contributed by atoms with Crippen LogP contribution in [0.15, 0.2) is 11.6 Å². The number of aromatic nitrogens is 1. The molecule has 19 heavy (non-hydrogen) atoms. The Balaban J connectivity index is 1.50. The van der Waals surface area contributed by atoms with E-state index in [0.29, 0.717) is 6.04 Å². The number of hydrogen-bond donors (Lipinski definition) is 1. The van der Waals surface area contributed by atoms with Crippen molar-refractivity contribution in [2.45, 2.75) is 44.2 Å². The van der Waals surface area contributed by atoms with Crippen molar-refractivity contribution in [3.8, 4) is 0 Å². The highest BCUT2D eigenvalue weighted by Gasteiger charge is 2.31. The lowest BCUT2D eigenvalue weighted by Crippen LogP contribution is -2.55. The Labute approximate surface area is 119 Å². The topological polar surface area (TPSA) is 37.4 Å². The SMILES string of the molecule is CC1(NC2CCN(c3nccs3)CC2)CCCOC1. The summed E-state index contributed by atoms with van der Waals surface area (Å²) in [5, 5.41) is 7.06. The Hall–Kier alpha value is -0.650. The van der Waals surface area contributed by atoms with E-state index in [0.717, 1.165) is 26.3 Å². The summed E-state index contributed by atoms with van der Waals surface area (Å²) in [5.41, 5.74) is 0.187. The second kappa shape index (κ2) is 5.77. The third-order valence-electron chi connectivity index (χ3n) is 4.18. The molecule has 2 saturated heterocycles. The number of nitrogens with one attached hydrogen (secondary N) is 1. The first kappa shape index (κ1) is 13.3. The minimum absolute atomic E-state index is 0.187. The zero-order valence-electron chi connectivity index (χ0n) is 11.6. The van der Waals surface area contributed by atoms with Crippen LogP contribution < -0.4 is 10.2 Å². The van der Waals surface area contributed by atoms with Crippen LogP contribution in [0.25, 0.3) is 0 Å². The second-order valence-corrected chi connectivity index (χ2v) is 6.81. The van der Waals surface area contributed by atoms with E-state index in [1.165, 1.54) is 30.8 Å². The normalized spacial score (nSPS) is 29.6. The first-order valence-corrected chi connectivity index (χ1v) is 8.13. The zero-order chi connectivity index (χ0) is 13.1. The van der Waals surface area contributed by atoms with Gasteiger partial charge in [0.25, 0.3) is 0 Å². The smallest absolute Gasteiger partial charge is 0.185 e. The van der Waals surface area contributed by atoms with Gasteiger partial charge in [0, 0.05) is 42.9 Å². The number of ether oxygens (including phenoxy) is 1. The summed E-state index contributed by atoms with van der Waals surface area (Å²) in [7, 11) is 0. The molecule has 3 rings (SSSR count). The van der Waals surface area contributed by atoms with Crippen molar-refractivity contribution in [2.75, 3.05) is 31.2 Å². The maximum absolute atomic E-state index is 5.63. The first-order chi connectivity index (χ1) is 9.25. The average molecular weight is 281 g/mol. The van der Waals surface area contributed by atoms with Gasteiger partial charge < -0.3 is 15.0 Å². The highest BCUT2D eigenvalue weighted by molar-refractivity contribution is 7.13. The molecule has 3 heterocycles. The van der Waals surface area contributed by atoms with Gasteiger partial charge in [0.1, 0.15) is 0 Å². The summed E-state index contributed by atoms with van der Waals surface area (Å²) in [6.07, 6.45) is 6.72. The van der Waals surface area contributed by atoms with E-state index in [9.17, 15) is 0 Å². The van der Waals surface area contributed by atoms with Gasteiger partial charge in [-0.25, -0.2) is 4.98 Å². The second-order valence-electron chi connectivity index (χ2n) is 5.94. The highest BCUT2D eigenvalue weighted by Crippen LogP contribution is 2.25. The van der Waals surface area contributed by atoms with Crippen LogP contribution in [0.4, 0.5) is 5.13 Å². The standard InChI is InChI=1S/C14H23N3OS/c1-14(5-2-9-18-11-14)16-12-3-7-17(8-4-12)13-15-6-10-19-13/h6,10,12,16H,2-5,7-9,11H2,1H3. The van der Waals surface area contributed by atoms with Crippen LogP contribution in [0.2, 0.25) is 0 Å². The van der Waals surface area contributed by atoms with Gasteiger partial charge in [0.05, 0.1) is 6.61 Å². The Bertz CT molecular complexity index is 381. The predicted octanol–water partition coefficient (Wildman–Crippen LogP) is 2.27. The minimum Gasteiger partial charge on any atom is -0.380 e. The molecule has 2 aliphatic heterocycles. The molecular formula is C14H23N3OS. The monoisotopic (exact) mass is 281 g/mol. The minimum atomic E-state index is 0.187. The molecule has 0 spiro atoms. The first-order valence-electron chi connectivity index (χ1n) is 7.25. The molecule has 0 amide bonds. The van der Waals surface area contributed by atoms with Crippen molar-refractivity contribution in [3.05, 3.63) is 11.6 Å². The lowest BCUT2D eigenvalue weighted by molar-refractivity contribution is 0.0216. The molecule has 4 nitrogen and oxygen atoms in total. The van der Waals surface area contributed by atoms with Crippen molar-refractivity contribution in [1.29, 1.82) is 0 Å². The third kappa shape index (κ3) is 3.27. The van der Waals surface area contributed by atoms with Gasteiger partial charge in [-0.1, -0.05) is 0 Å². The van der Waals surface area contributed by atoms with Gasteiger partial charge >= 0.3 is 0 Å². The van der Waals surface area contributed by atoms with Crippen LogP contribution >= 0.6 is 11.3 Å². The van der Waals surface area contributed by atoms with Crippen LogP contribution in [-0.2, 0) is 4.74 Å². The predicted molar refractivity (Wildman–Crippen MR) is 78.9 cm³/mol. The molecular weight excluding hydrogens is 258 g/mol. The molecule has 0 bridgehead atoms. The van der Waals surface area contributed by atoms with E-state index in [4.69, 9.17) is 4.74 Å². The number of thiazole rings is 1. The van der Waals surface area contributed by atoms with Gasteiger partial charge in [-0.3, -0.25) is 0 Å². The summed E-state index contributed by atoms with van der Waals surface area (Å²) in [5.74, 6) is 0. The van der Waals surface area contributed by atoms with Crippen LogP contribution in [-0.4, -0.2) is 42.9 Å². The fourth-order valence-corrected chi connectivity index (χ4v) is 3.82. The summed E-state index contributed by atoms with van der Waals surface area (Å²) in [6.45, 7) is 6.32. The van der Waals surface area contributed by atoms with Crippen LogP contribution in [0.3, 0.4) is 0 Å². The number of rotatable bonds is 3. The van der Waals surface area contributed by atoms with Gasteiger partial charge in [-0.15, -0.1) is 11.3 Å². The maximum Gasteiger partial charge on any atom is 0.185 e. The molecule has 1 aromatic rings. The van der Waals surface area contributed by atoms with Gasteiger partial charge in [-0.05, 0) is 32.6 Å². The molecule has 106 valence electrons. The molecule has 0 aliphatic carbocycles. The number of piperidine rings is 1. The number of hydrogen-bond acceptors (Lipinski definition) is 5. The van der Waals surface area contributed by atoms with Crippen molar-refractivity contribution in [3.63, 3.8) is 0 Å². The Morgan fingerprint density at radius 3 is 2.95 bits per heavy atom. The molecule has 1 unspecified atom stereocenters. The molecule has 2 aliphatic rings. The largest absolute Gasteiger partial charge is 0.380 e. The molecule has 0 aromatic carbocycles. The van der Waals surface area contributed by atoms with Crippen LogP contribution in [0, 0.1) is 0 Å². The Morgan fingerprint density at radius 2 is 2.32 bits per heavy atom. The fraction of sp³-hybridized carbons (Fsp3) is 0.786. The van der Waals surface area contributed by atoms with Crippen molar-refractivity contribution >= 4 is 16.5 Å². The van der Waals surface area contributed by atoms with E-state index in [2.05, 4.69) is 27.5 Å². The van der Waals surface area contributed by atoms with Crippen molar-refractivity contribution in [2.24, 2.45) is 0 Å². The van der Waals surface area contributed by atoms with E-state index in [1.807, 2.05) is 6.20 Å². The fourth-order valence-electron chi connectivity index (χ4n) is 3.13. The molecule has 5 heteroatoms. The van der Waals surface area contributed by atoms with Gasteiger partial charge in [0.15, 0.2) is 5.13 Å². The number of nitrogens with zero attached hydrogens (tertiary/aromatic N) is 2. The van der Waals surface area contributed by atoms with Gasteiger partial charge in [0.2, 0.25) is 0 Å². The molecule has 1 N–H and O–H groups in total. The zero-order valence-corrected chi connectivity index (χ0v) is 12.4. The molecule has 1 atom stereocenters. The lowest BCUT2D eigenvalue weighted by atomic mass is 9.92. The third-order valence-corrected chi connectivity index (χ3v) is 5.01. The highest BCUT2D eigenvalue weighted by atomic mass is 32.1. The van der Waals surface area contributed by atoms with E-state index < -0.39 is 0 Å². The summed E-state index contributed by atoms with van der Waals surface area (Å²) >= 11 is 1.74. The average Bonchev–Trinajstić information content (AvgIpc) is 2.94. The van der Waals surface area contributed by atoms with E-state index >= 15 is 0 Å². The maximum atomic E-state index is 5.63. The number of anilines is 1. The molecule has 1 aromatic heterocycles. The van der Waals surface area contributed by atoms with Crippen molar-refractivity contribution < 1.29 is 4.74 Å². The van der Waals surface area contributed by atoms with Gasteiger partial charge in [-0.2, -0.15) is 0 Å². The molecule has 2 fully saturated rings. The van der Waals surface area contributed by atoms with Crippen LogP contribution in [0.1, 0.15) is 32.6 Å². The van der Waals surface area contributed by atoms with E-state index in [1.54, 1.807) is 11.3 Å². The molecule has 0 saturated carbocycles. The van der Waals surface area contributed by atoms with Crippen LogP contribution in [0.5, 0.6) is 0 Å². The summed E-state index contributed by atoms with van der Waals surface area (Å²) < 4.78 is 5.63. The van der Waals surface area contributed by atoms with E-state index in [-0.39, 0.29) is 5.54 Å². The lowest BCUT2D eigenvalue weighted by Gasteiger charge is -2.41. The summed E-state index contributed by atoms with van der Waals surface area (Å²) in [6, 6.07) is 0.628. The quantitative estimate of drug-likeness (QED) is 0.922. The van der Waals surface area contributed by atoms with Crippen molar-refractivity contribution in [1.82, 2.24) is 10.3 Å². The Morgan fingerprint density at radius 1 is 1.47 bits per heavy atom. The molecule has 0 radical (unpaired) electrons. The Kier molecular flexibility index (Phi) is 4.05. The summed E-state index contributed by atoms with van der Waals surface area (Å²) in [4.78, 5) is 6.80.